The highest BCUT2D eigenvalue weighted by Gasteiger charge is 2.23. The van der Waals surface area contributed by atoms with Crippen LogP contribution >= 0.6 is 11.3 Å². The Balaban J connectivity index is 1.52. The lowest BCUT2D eigenvalue weighted by atomic mass is 10.2. The molecular weight excluding hydrogens is 344 g/mol. The summed E-state index contributed by atoms with van der Waals surface area (Å²) in [6, 6.07) is 4.90. The molecule has 1 aromatic rings. The van der Waals surface area contributed by atoms with Crippen LogP contribution in [0.25, 0.3) is 0 Å². The van der Waals surface area contributed by atoms with Gasteiger partial charge in [-0.3, -0.25) is 14.8 Å². The van der Waals surface area contributed by atoms with Crippen LogP contribution in [0.15, 0.2) is 22.5 Å². The minimum Gasteiger partial charge on any atom is -0.357 e. The van der Waals surface area contributed by atoms with Gasteiger partial charge in [-0.15, -0.1) is 11.3 Å². The number of nitrogens with zero attached hydrogens (tertiary/aromatic N) is 5. The molecule has 146 valence electrons. The molecule has 3 rings (SSSR count). The number of hydrogen-bond acceptors (Lipinski definition) is 5. The topological polar surface area (TPSA) is 37.4 Å². The Hall–Kier alpha value is -1.15. The number of rotatable bonds is 5. The summed E-state index contributed by atoms with van der Waals surface area (Å²) in [6.45, 7) is 12.7. The average Bonchev–Trinajstić information content (AvgIpc) is 3.15. The normalized spacial score (nSPS) is 24.2. The maximum Gasteiger partial charge on any atom is 0.194 e. The highest BCUT2D eigenvalue weighted by Crippen LogP contribution is 2.14. The van der Waals surface area contributed by atoms with Gasteiger partial charge in [0.2, 0.25) is 0 Å². The van der Waals surface area contributed by atoms with Crippen molar-refractivity contribution < 1.29 is 0 Å². The summed E-state index contributed by atoms with van der Waals surface area (Å²) < 4.78 is 0. The molecule has 2 fully saturated rings. The molecule has 1 N–H and O–H groups in total. The summed E-state index contributed by atoms with van der Waals surface area (Å²) in [5, 5.41) is 5.67. The van der Waals surface area contributed by atoms with E-state index in [4.69, 9.17) is 4.99 Å². The summed E-state index contributed by atoms with van der Waals surface area (Å²) in [5.41, 5.74) is 0. The van der Waals surface area contributed by atoms with Crippen molar-refractivity contribution in [3.05, 3.63) is 22.4 Å². The Morgan fingerprint density at radius 2 is 2.00 bits per heavy atom. The lowest BCUT2D eigenvalue weighted by Crippen LogP contribution is -2.53. The van der Waals surface area contributed by atoms with E-state index in [1.54, 1.807) is 0 Å². The van der Waals surface area contributed by atoms with E-state index in [1.165, 1.54) is 4.88 Å². The van der Waals surface area contributed by atoms with Gasteiger partial charge >= 0.3 is 0 Å². The number of hydrogen-bond donors (Lipinski definition) is 1. The third kappa shape index (κ3) is 5.42. The van der Waals surface area contributed by atoms with E-state index in [0.717, 1.165) is 71.4 Å². The first-order chi connectivity index (χ1) is 12.7. The zero-order valence-electron chi connectivity index (χ0n) is 16.5. The maximum atomic E-state index is 4.99. The number of nitrogens with one attached hydrogen (secondary N) is 1. The number of piperazine rings is 2. The van der Waals surface area contributed by atoms with Gasteiger partial charge in [0.15, 0.2) is 5.96 Å². The molecule has 0 saturated carbocycles. The van der Waals surface area contributed by atoms with Gasteiger partial charge in [0.05, 0.1) is 6.54 Å². The molecule has 0 amide bonds. The molecule has 26 heavy (non-hydrogen) atoms. The number of thiophene rings is 1. The van der Waals surface area contributed by atoms with Crippen LogP contribution in [0.1, 0.15) is 11.8 Å². The van der Waals surface area contributed by atoms with Crippen LogP contribution in [-0.2, 0) is 6.54 Å². The summed E-state index contributed by atoms with van der Waals surface area (Å²) in [7, 11) is 4.44. The second-order valence-corrected chi connectivity index (χ2v) is 8.47. The zero-order valence-corrected chi connectivity index (χ0v) is 17.3. The van der Waals surface area contributed by atoms with Crippen molar-refractivity contribution in [3.63, 3.8) is 0 Å². The summed E-state index contributed by atoms with van der Waals surface area (Å²) in [5.74, 6) is 1.09. The molecule has 1 unspecified atom stereocenters. The van der Waals surface area contributed by atoms with Crippen LogP contribution in [-0.4, -0.2) is 105 Å². The van der Waals surface area contributed by atoms with E-state index in [0.29, 0.717) is 6.04 Å². The Bertz CT molecular complexity index is 552. The van der Waals surface area contributed by atoms with E-state index in [1.807, 2.05) is 11.3 Å². The van der Waals surface area contributed by atoms with Gasteiger partial charge in [0.25, 0.3) is 0 Å². The predicted octanol–water partition coefficient (Wildman–Crippen LogP) is 1.08. The SMILES string of the molecule is CCNC(=NCC1CN(C)CCN1C)N1CCN(Cc2cccs2)CC1. The molecule has 0 bridgehead atoms. The van der Waals surface area contributed by atoms with Gasteiger partial charge in [0, 0.05) is 69.8 Å². The number of likely N-dealkylation sites (N-methyl/N-ethyl adjacent to an activating group) is 2. The standard InChI is InChI=1S/C19H34N6S/c1-4-20-19(21-14-17-15-22(2)7-8-23(17)3)25-11-9-24(10-12-25)16-18-6-5-13-26-18/h5-6,13,17H,4,7-12,14-16H2,1-3H3,(H,20,21). The second-order valence-electron chi connectivity index (χ2n) is 7.43. The highest BCUT2D eigenvalue weighted by atomic mass is 32.1. The van der Waals surface area contributed by atoms with E-state index in [9.17, 15) is 0 Å². The minimum absolute atomic E-state index is 0.516. The first-order valence-corrected chi connectivity index (χ1v) is 10.7. The molecular formula is C19H34N6S. The van der Waals surface area contributed by atoms with Gasteiger partial charge in [-0.25, -0.2) is 0 Å². The maximum absolute atomic E-state index is 4.99. The minimum atomic E-state index is 0.516. The van der Waals surface area contributed by atoms with Gasteiger partial charge in [-0.05, 0) is 32.5 Å². The van der Waals surface area contributed by atoms with Crippen LogP contribution in [0.2, 0.25) is 0 Å². The smallest absolute Gasteiger partial charge is 0.194 e. The first kappa shape index (κ1) is 19.6. The monoisotopic (exact) mass is 378 g/mol. The Labute approximate surface area is 162 Å². The van der Waals surface area contributed by atoms with Crippen molar-refractivity contribution in [1.29, 1.82) is 0 Å². The summed E-state index contributed by atoms with van der Waals surface area (Å²) in [4.78, 5) is 16.3. The molecule has 1 atom stereocenters. The quantitative estimate of drug-likeness (QED) is 0.613. The average molecular weight is 379 g/mol. The van der Waals surface area contributed by atoms with Crippen LogP contribution in [0.4, 0.5) is 0 Å². The Morgan fingerprint density at radius 3 is 2.69 bits per heavy atom. The summed E-state index contributed by atoms with van der Waals surface area (Å²) in [6.07, 6.45) is 0. The summed E-state index contributed by atoms with van der Waals surface area (Å²) >= 11 is 1.86. The van der Waals surface area contributed by atoms with Crippen molar-refractivity contribution in [2.24, 2.45) is 4.99 Å². The fraction of sp³-hybridized carbons (Fsp3) is 0.737. The molecule has 6 nitrogen and oxygen atoms in total. The molecule has 0 radical (unpaired) electrons. The van der Waals surface area contributed by atoms with Crippen molar-refractivity contribution in [1.82, 2.24) is 24.9 Å². The van der Waals surface area contributed by atoms with Crippen LogP contribution in [0.3, 0.4) is 0 Å². The van der Waals surface area contributed by atoms with Gasteiger partial charge < -0.3 is 15.1 Å². The van der Waals surface area contributed by atoms with Gasteiger partial charge in [-0.2, -0.15) is 0 Å². The second kappa shape index (κ2) is 9.69. The third-order valence-corrected chi connectivity index (χ3v) is 6.26. The van der Waals surface area contributed by atoms with Crippen molar-refractivity contribution in [3.8, 4) is 0 Å². The predicted molar refractivity (Wildman–Crippen MR) is 111 cm³/mol. The lowest BCUT2D eigenvalue weighted by Gasteiger charge is -2.38. The van der Waals surface area contributed by atoms with E-state index in [2.05, 4.69) is 63.4 Å². The number of aliphatic imine (C=N–C) groups is 1. The van der Waals surface area contributed by atoms with Crippen molar-refractivity contribution in [2.75, 3.05) is 73.0 Å². The molecule has 0 aliphatic carbocycles. The molecule has 2 aliphatic heterocycles. The highest BCUT2D eigenvalue weighted by molar-refractivity contribution is 7.09. The fourth-order valence-corrected chi connectivity index (χ4v) is 4.40. The molecule has 0 spiro atoms. The molecule has 0 aromatic carbocycles. The van der Waals surface area contributed by atoms with E-state index >= 15 is 0 Å². The Kier molecular flexibility index (Phi) is 7.31. The van der Waals surface area contributed by atoms with Crippen LogP contribution in [0, 0.1) is 0 Å². The lowest BCUT2D eigenvalue weighted by molar-refractivity contribution is 0.119. The van der Waals surface area contributed by atoms with Crippen LogP contribution < -0.4 is 5.32 Å². The Morgan fingerprint density at radius 1 is 1.19 bits per heavy atom. The van der Waals surface area contributed by atoms with E-state index < -0.39 is 0 Å². The van der Waals surface area contributed by atoms with Crippen LogP contribution in [0.5, 0.6) is 0 Å². The number of guanidine groups is 1. The molecule has 2 saturated heterocycles. The van der Waals surface area contributed by atoms with Crippen molar-refractivity contribution >= 4 is 17.3 Å². The third-order valence-electron chi connectivity index (χ3n) is 5.40. The largest absolute Gasteiger partial charge is 0.357 e. The first-order valence-electron chi connectivity index (χ1n) is 9.82. The molecule has 1 aromatic heterocycles. The fourth-order valence-electron chi connectivity index (χ4n) is 3.66. The molecule has 7 heteroatoms. The zero-order chi connectivity index (χ0) is 18.4. The van der Waals surface area contributed by atoms with Crippen molar-refractivity contribution in [2.45, 2.75) is 19.5 Å². The van der Waals surface area contributed by atoms with Gasteiger partial charge in [-0.1, -0.05) is 6.07 Å². The molecule has 2 aliphatic rings. The van der Waals surface area contributed by atoms with E-state index in [-0.39, 0.29) is 0 Å². The molecule has 3 heterocycles. The van der Waals surface area contributed by atoms with Gasteiger partial charge in [0.1, 0.15) is 0 Å².